The Morgan fingerprint density at radius 1 is 1.22 bits per heavy atom. The second-order valence-corrected chi connectivity index (χ2v) is 11.4. The van der Waals surface area contributed by atoms with E-state index in [2.05, 4.69) is 15.4 Å². The number of anilines is 1. The number of amides is 1. The van der Waals surface area contributed by atoms with Crippen molar-refractivity contribution in [1.82, 2.24) is 25.3 Å². The number of ether oxygens (including phenoxy) is 2. The number of methoxy groups -OCH3 is 1. The Kier molecular flexibility index (Phi) is 8.40. The number of aliphatic hydroxyl groups is 1. The highest BCUT2D eigenvalue weighted by molar-refractivity contribution is 6.32. The number of likely N-dealkylation sites (tertiary alicyclic amines) is 1. The lowest BCUT2D eigenvalue weighted by molar-refractivity contribution is 0.0621. The maximum atomic E-state index is 12.0. The molecule has 0 saturated carbocycles. The first-order valence-electron chi connectivity index (χ1n) is 13.8. The molecule has 2 saturated heterocycles. The molecule has 2 fully saturated rings. The summed E-state index contributed by atoms with van der Waals surface area (Å²) < 4.78 is 16.2. The normalized spacial score (nSPS) is 17.0. The first-order valence-corrected chi connectivity index (χ1v) is 14.2. The molecule has 2 aromatic heterocycles. The number of benzene rings is 1. The van der Waals surface area contributed by atoms with Crippen LogP contribution in [0.5, 0.6) is 5.75 Å². The molecule has 2 N–H and O–H groups in total. The van der Waals surface area contributed by atoms with Crippen molar-refractivity contribution >= 4 is 23.5 Å². The Labute approximate surface area is 244 Å². The van der Waals surface area contributed by atoms with Crippen LogP contribution in [-0.2, 0) is 4.74 Å². The molecule has 0 unspecified atom stereocenters. The minimum atomic E-state index is -0.675. The molecule has 220 valence electrons. The van der Waals surface area contributed by atoms with Crippen LogP contribution < -0.4 is 15.0 Å². The number of carbonyl (C=O) groups is 1. The van der Waals surface area contributed by atoms with Gasteiger partial charge < -0.3 is 34.2 Å². The zero-order valence-electron chi connectivity index (χ0n) is 24.2. The van der Waals surface area contributed by atoms with Crippen molar-refractivity contribution in [2.75, 3.05) is 58.4 Å². The van der Waals surface area contributed by atoms with Gasteiger partial charge in [-0.3, -0.25) is 0 Å². The van der Waals surface area contributed by atoms with Gasteiger partial charge in [0.25, 0.3) is 0 Å². The van der Waals surface area contributed by atoms with Gasteiger partial charge in [0.2, 0.25) is 0 Å². The quantitative estimate of drug-likeness (QED) is 0.401. The van der Waals surface area contributed by atoms with E-state index in [1.165, 1.54) is 7.11 Å². The highest BCUT2D eigenvalue weighted by Gasteiger charge is 2.46. The van der Waals surface area contributed by atoms with Crippen molar-refractivity contribution in [3.05, 3.63) is 40.2 Å². The highest BCUT2D eigenvalue weighted by Crippen LogP contribution is 2.45. The van der Waals surface area contributed by atoms with Gasteiger partial charge in [-0.1, -0.05) is 16.8 Å². The number of aryl methyl sites for hydroxylation is 2. The molecule has 1 aromatic carbocycles. The van der Waals surface area contributed by atoms with Crippen LogP contribution in [-0.4, -0.2) is 90.8 Å². The molecule has 0 aliphatic carbocycles. The van der Waals surface area contributed by atoms with Gasteiger partial charge >= 0.3 is 6.09 Å². The first-order chi connectivity index (χ1) is 19.6. The summed E-state index contributed by atoms with van der Waals surface area (Å²) >= 11 is 6.43. The fourth-order valence-corrected chi connectivity index (χ4v) is 5.93. The molecule has 2 aliphatic heterocycles. The second kappa shape index (κ2) is 11.8. The van der Waals surface area contributed by atoms with Crippen molar-refractivity contribution < 1.29 is 23.9 Å². The number of aliphatic hydroxyl groups excluding tert-OH is 1. The number of hydrogen-bond donors (Lipinski definition) is 2. The van der Waals surface area contributed by atoms with Gasteiger partial charge in [-0.25, -0.2) is 14.8 Å². The third-order valence-corrected chi connectivity index (χ3v) is 8.37. The van der Waals surface area contributed by atoms with Crippen LogP contribution in [0.3, 0.4) is 0 Å². The van der Waals surface area contributed by atoms with Crippen LogP contribution in [0.15, 0.2) is 22.7 Å². The number of hydrogen-bond acceptors (Lipinski definition) is 10. The standard InChI is InChI=1S/C29H37ClN6O5/c1-17-25(24-18(2)34-41-19(24)3)32-26(20-6-7-22(30)23(12-20)40-14-21(37)13-31-4)33-27(17)36-15-29(16-36)8-10-35(11-9-29)28(38)39-5/h6-7,12,21,31,37H,8-11,13-16H2,1-5H3/t21-/m1/s1. The molecular weight excluding hydrogens is 548 g/mol. The zero-order valence-corrected chi connectivity index (χ0v) is 24.9. The van der Waals surface area contributed by atoms with Crippen molar-refractivity contribution in [2.45, 2.75) is 39.7 Å². The van der Waals surface area contributed by atoms with Crippen LogP contribution in [0.4, 0.5) is 10.6 Å². The lowest BCUT2D eigenvalue weighted by atomic mass is 9.72. The van der Waals surface area contributed by atoms with Gasteiger partial charge in [0, 0.05) is 49.3 Å². The Balaban J connectivity index is 1.47. The van der Waals surface area contributed by atoms with Crippen LogP contribution in [0.25, 0.3) is 22.6 Å². The summed E-state index contributed by atoms with van der Waals surface area (Å²) in [5.74, 6) is 2.52. The predicted octanol–water partition coefficient (Wildman–Crippen LogP) is 4.00. The number of halogens is 1. The molecule has 1 amide bonds. The molecular formula is C29H37ClN6O5. The molecule has 3 aromatic rings. The van der Waals surface area contributed by atoms with Gasteiger partial charge in [-0.2, -0.15) is 0 Å². The summed E-state index contributed by atoms with van der Waals surface area (Å²) in [5.41, 5.74) is 4.21. The summed E-state index contributed by atoms with van der Waals surface area (Å²) in [6.07, 6.45) is 0.901. The summed E-state index contributed by atoms with van der Waals surface area (Å²) in [6, 6.07) is 5.42. The van der Waals surface area contributed by atoms with E-state index in [1.807, 2.05) is 26.8 Å². The van der Waals surface area contributed by atoms with Crippen molar-refractivity contribution in [3.8, 4) is 28.4 Å². The summed E-state index contributed by atoms with van der Waals surface area (Å²) in [4.78, 5) is 26.1. The molecule has 5 rings (SSSR count). The van der Waals surface area contributed by atoms with E-state index < -0.39 is 6.10 Å². The lowest BCUT2D eigenvalue weighted by Gasteiger charge is -2.54. The first kappa shape index (κ1) is 29.1. The predicted molar refractivity (Wildman–Crippen MR) is 155 cm³/mol. The average molecular weight is 585 g/mol. The number of aromatic nitrogens is 3. The third kappa shape index (κ3) is 5.84. The minimum Gasteiger partial charge on any atom is -0.489 e. The van der Waals surface area contributed by atoms with Gasteiger partial charge in [0.05, 0.1) is 29.1 Å². The number of piperidine rings is 1. The molecule has 41 heavy (non-hydrogen) atoms. The molecule has 1 atom stereocenters. The number of nitrogens with zero attached hydrogens (tertiary/aromatic N) is 5. The van der Waals surface area contributed by atoms with Gasteiger partial charge in [-0.05, 0) is 58.9 Å². The van der Waals surface area contributed by atoms with E-state index in [1.54, 1.807) is 24.1 Å². The molecule has 11 nitrogen and oxygen atoms in total. The van der Waals surface area contributed by atoms with Crippen molar-refractivity contribution in [1.29, 1.82) is 0 Å². The SMILES string of the molecule is CNC[C@@H](O)COc1cc(-c2nc(-c3c(C)noc3C)c(C)c(N3CC4(CCN(C(=O)OC)CC4)C3)n2)ccc1Cl. The van der Waals surface area contributed by atoms with E-state index in [9.17, 15) is 9.90 Å². The van der Waals surface area contributed by atoms with Crippen LogP contribution in [0.2, 0.25) is 5.02 Å². The Bertz CT molecular complexity index is 1390. The summed E-state index contributed by atoms with van der Waals surface area (Å²) in [6.45, 7) is 9.39. The molecule has 0 radical (unpaired) electrons. The maximum Gasteiger partial charge on any atom is 0.409 e. The van der Waals surface area contributed by atoms with Gasteiger partial charge in [0.15, 0.2) is 5.82 Å². The number of rotatable bonds is 8. The number of likely N-dealkylation sites (N-methyl/N-ethyl adjacent to an activating group) is 1. The van der Waals surface area contributed by atoms with Gasteiger partial charge in [0.1, 0.15) is 30.0 Å². The van der Waals surface area contributed by atoms with Crippen LogP contribution >= 0.6 is 11.6 Å². The van der Waals surface area contributed by atoms with Crippen molar-refractivity contribution in [3.63, 3.8) is 0 Å². The molecule has 2 aliphatic rings. The van der Waals surface area contributed by atoms with Crippen molar-refractivity contribution in [2.24, 2.45) is 5.41 Å². The number of carbonyl (C=O) groups excluding carboxylic acids is 1. The highest BCUT2D eigenvalue weighted by atomic mass is 35.5. The topological polar surface area (TPSA) is 126 Å². The van der Waals surface area contributed by atoms with E-state index >= 15 is 0 Å². The third-order valence-electron chi connectivity index (χ3n) is 8.06. The van der Waals surface area contributed by atoms with E-state index in [0.29, 0.717) is 42.0 Å². The maximum absolute atomic E-state index is 12.0. The van der Waals surface area contributed by atoms with E-state index in [4.69, 9.17) is 35.6 Å². The summed E-state index contributed by atoms with van der Waals surface area (Å²) in [7, 11) is 3.19. The van der Waals surface area contributed by atoms with Crippen LogP contribution in [0.1, 0.15) is 29.9 Å². The smallest absolute Gasteiger partial charge is 0.409 e. The monoisotopic (exact) mass is 584 g/mol. The summed E-state index contributed by atoms with van der Waals surface area (Å²) in [5, 5.41) is 17.6. The van der Waals surface area contributed by atoms with Crippen LogP contribution in [0, 0.1) is 26.2 Å². The lowest BCUT2D eigenvalue weighted by Crippen LogP contribution is -2.61. The fourth-order valence-electron chi connectivity index (χ4n) is 5.76. The Morgan fingerprint density at radius 3 is 2.59 bits per heavy atom. The average Bonchev–Trinajstić information content (AvgIpc) is 3.28. The second-order valence-electron chi connectivity index (χ2n) is 11.0. The van der Waals surface area contributed by atoms with E-state index in [0.717, 1.165) is 59.8 Å². The Hall–Kier alpha value is -3.41. The molecule has 1 spiro atoms. The zero-order chi connectivity index (χ0) is 29.3. The van der Waals surface area contributed by atoms with Gasteiger partial charge in [-0.15, -0.1) is 0 Å². The molecule has 0 bridgehead atoms. The number of nitrogens with one attached hydrogen (secondary N) is 1. The molecule has 4 heterocycles. The molecule has 12 heteroatoms. The Morgan fingerprint density at radius 2 is 1.95 bits per heavy atom. The minimum absolute atomic E-state index is 0.0949. The van der Waals surface area contributed by atoms with E-state index in [-0.39, 0.29) is 18.1 Å². The largest absolute Gasteiger partial charge is 0.489 e. The fraction of sp³-hybridized carbons (Fsp3) is 0.517.